The molecule has 1 unspecified atom stereocenters. The number of halogens is 2. The number of hydrogen-bond acceptors (Lipinski definition) is 3. The number of nitrogens with two attached hydrogens (primary N) is 1. The second-order valence-corrected chi connectivity index (χ2v) is 5.77. The van der Waals surface area contributed by atoms with Crippen LogP contribution < -0.4 is 11.1 Å². The van der Waals surface area contributed by atoms with E-state index in [0.717, 1.165) is 30.5 Å². The zero-order chi connectivity index (χ0) is 15.2. The number of anilines is 1. The first-order valence-corrected chi connectivity index (χ1v) is 7.75. The van der Waals surface area contributed by atoms with Crippen LogP contribution in [0.4, 0.5) is 5.82 Å². The highest BCUT2D eigenvalue weighted by molar-refractivity contribution is 6.35. The summed E-state index contributed by atoms with van der Waals surface area (Å²) >= 11 is 12.2. The maximum Gasteiger partial charge on any atom is 0.128 e. The molecule has 5 heteroatoms. The Kier molecular flexibility index (Phi) is 5.85. The summed E-state index contributed by atoms with van der Waals surface area (Å²) in [7, 11) is 0. The fourth-order valence-corrected chi connectivity index (χ4v) is 2.73. The van der Waals surface area contributed by atoms with Gasteiger partial charge in [0.2, 0.25) is 0 Å². The lowest BCUT2D eigenvalue weighted by Gasteiger charge is -2.21. The fraction of sp³-hybridized carbons (Fsp3) is 0.312. The summed E-state index contributed by atoms with van der Waals surface area (Å²) in [6.07, 6.45) is 3.49. The molecule has 0 amide bonds. The molecule has 0 radical (unpaired) electrons. The topological polar surface area (TPSA) is 50.9 Å². The van der Waals surface area contributed by atoms with E-state index < -0.39 is 0 Å². The maximum absolute atomic E-state index is 6.28. The third kappa shape index (κ3) is 4.34. The average molecular weight is 324 g/mol. The molecule has 0 aliphatic rings. The van der Waals surface area contributed by atoms with E-state index in [0.29, 0.717) is 15.9 Å². The molecule has 0 aliphatic carbocycles. The molecule has 1 aromatic carbocycles. The van der Waals surface area contributed by atoms with Gasteiger partial charge in [-0.1, -0.05) is 42.3 Å². The van der Waals surface area contributed by atoms with Gasteiger partial charge in [0.1, 0.15) is 5.82 Å². The normalized spacial score (nSPS) is 12.3. The number of nitrogens with zero attached hydrogens (tertiary/aromatic N) is 1. The molecule has 1 atom stereocenters. The van der Waals surface area contributed by atoms with Gasteiger partial charge in [-0.25, -0.2) is 4.98 Å². The predicted octanol–water partition coefficient (Wildman–Crippen LogP) is 4.25. The number of nitrogen functional groups attached to an aromatic ring is 1. The van der Waals surface area contributed by atoms with Crippen molar-refractivity contribution in [1.29, 1.82) is 0 Å². The van der Waals surface area contributed by atoms with Gasteiger partial charge in [-0.3, -0.25) is 0 Å². The highest BCUT2D eigenvalue weighted by Crippen LogP contribution is 2.27. The third-order valence-corrected chi connectivity index (χ3v) is 3.91. The molecule has 0 bridgehead atoms. The van der Waals surface area contributed by atoms with E-state index in [1.54, 1.807) is 12.3 Å². The monoisotopic (exact) mass is 323 g/mol. The van der Waals surface area contributed by atoms with E-state index in [1.165, 1.54) is 0 Å². The fourth-order valence-electron chi connectivity index (χ4n) is 2.24. The van der Waals surface area contributed by atoms with Gasteiger partial charge >= 0.3 is 0 Å². The van der Waals surface area contributed by atoms with Gasteiger partial charge < -0.3 is 11.1 Å². The van der Waals surface area contributed by atoms with Crippen LogP contribution in [0.15, 0.2) is 36.5 Å². The number of rotatable bonds is 6. The van der Waals surface area contributed by atoms with Crippen molar-refractivity contribution < 1.29 is 0 Å². The quantitative estimate of drug-likeness (QED) is 0.835. The van der Waals surface area contributed by atoms with Gasteiger partial charge in [0.15, 0.2) is 0 Å². The Morgan fingerprint density at radius 1 is 1.29 bits per heavy atom. The Hall–Kier alpha value is -1.29. The zero-order valence-corrected chi connectivity index (χ0v) is 13.5. The molecule has 0 fully saturated rings. The standard InChI is InChI=1S/C16H19Cl2N3/c1-2-7-20-15(13-4-3-8-21-16(13)19)9-11-5-6-12(17)10-14(11)18/h3-6,8,10,15,20H,2,7,9H2,1H3,(H2,19,21). The minimum Gasteiger partial charge on any atom is -0.383 e. The van der Waals surface area contributed by atoms with Crippen LogP contribution in [-0.2, 0) is 6.42 Å². The largest absolute Gasteiger partial charge is 0.383 e. The molecule has 3 nitrogen and oxygen atoms in total. The Morgan fingerprint density at radius 2 is 2.10 bits per heavy atom. The maximum atomic E-state index is 6.28. The SMILES string of the molecule is CCCNC(Cc1ccc(Cl)cc1Cl)c1cccnc1N. The summed E-state index contributed by atoms with van der Waals surface area (Å²) in [5.74, 6) is 0.552. The lowest BCUT2D eigenvalue weighted by atomic mass is 9.99. The number of benzene rings is 1. The molecule has 1 aromatic heterocycles. The first-order valence-electron chi connectivity index (χ1n) is 6.99. The molecule has 112 valence electrons. The zero-order valence-electron chi connectivity index (χ0n) is 11.9. The molecule has 0 aliphatic heterocycles. The first kappa shape index (κ1) is 16.1. The van der Waals surface area contributed by atoms with Crippen LogP contribution in [0.3, 0.4) is 0 Å². The summed E-state index contributed by atoms with van der Waals surface area (Å²) in [5.41, 5.74) is 8.04. The van der Waals surface area contributed by atoms with Crippen LogP contribution in [0.5, 0.6) is 0 Å². The minimum atomic E-state index is 0.0809. The summed E-state index contributed by atoms with van der Waals surface area (Å²) in [4.78, 5) is 4.17. The van der Waals surface area contributed by atoms with Crippen molar-refractivity contribution in [1.82, 2.24) is 10.3 Å². The Bertz CT molecular complexity index is 602. The van der Waals surface area contributed by atoms with E-state index in [4.69, 9.17) is 28.9 Å². The highest BCUT2D eigenvalue weighted by Gasteiger charge is 2.16. The average Bonchev–Trinajstić information content (AvgIpc) is 2.46. The van der Waals surface area contributed by atoms with Gasteiger partial charge in [-0.15, -0.1) is 0 Å². The molecule has 1 heterocycles. The number of pyridine rings is 1. The van der Waals surface area contributed by atoms with Crippen LogP contribution in [0.2, 0.25) is 10.0 Å². The van der Waals surface area contributed by atoms with E-state index in [-0.39, 0.29) is 6.04 Å². The molecule has 0 saturated carbocycles. The van der Waals surface area contributed by atoms with Gasteiger partial charge in [0.25, 0.3) is 0 Å². The lowest BCUT2D eigenvalue weighted by molar-refractivity contribution is 0.529. The van der Waals surface area contributed by atoms with E-state index in [2.05, 4.69) is 17.2 Å². The van der Waals surface area contributed by atoms with Gasteiger partial charge in [0, 0.05) is 27.8 Å². The van der Waals surface area contributed by atoms with Crippen molar-refractivity contribution >= 4 is 29.0 Å². The first-order chi connectivity index (χ1) is 10.1. The second kappa shape index (κ2) is 7.64. The van der Waals surface area contributed by atoms with Crippen molar-refractivity contribution in [3.63, 3.8) is 0 Å². The molecule has 21 heavy (non-hydrogen) atoms. The van der Waals surface area contributed by atoms with Crippen molar-refractivity contribution in [3.05, 3.63) is 57.7 Å². The molecule has 0 spiro atoms. The van der Waals surface area contributed by atoms with Crippen molar-refractivity contribution in [2.24, 2.45) is 0 Å². The molecular weight excluding hydrogens is 305 g/mol. The van der Waals surface area contributed by atoms with Crippen LogP contribution in [0, 0.1) is 0 Å². The minimum absolute atomic E-state index is 0.0809. The van der Waals surface area contributed by atoms with Gasteiger partial charge in [0.05, 0.1) is 0 Å². The molecular formula is C16H19Cl2N3. The van der Waals surface area contributed by atoms with E-state index in [1.807, 2.05) is 24.3 Å². The van der Waals surface area contributed by atoms with Crippen molar-refractivity contribution in [2.75, 3.05) is 12.3 Å². The molecule has 2 aromatic rings. The van der Waals surface area contributed by atoms with Crippen LogP contribution in [0.25, 0.3) is 0 Å². The van der Waals surface area contributed by atoms with E-state index in [9.17, 15) is 0 Å². The number of hydrogen-bond donors (Lipinski definition) is 2. The summed E-state index contributed by atoms with van der Waals surface area (Å²) in [5, 5.41) is 4.82. The van der Waals surface area contributed by atoms with Gasteiger partial charge in [-0.05, 0) is 43.1 Å². The van der Waals surface area contributed by atoms with Crippen molar-refractivity contribution in [3.8, 4) is 0 Å². The summed E-state index contributed by atoms with van der Waals surface area (Å²) in [6, 6.07) is 9.55. The predicted molar refractivity (Wildman–Crippen MR) is 89.9 cm³/mol. The Labute approximate surface area is 135 Å². The summed E-state index contributed by atoms with van der Waals surface area (Å²) in [6.45, 7) is 3.04. The molecule has 0 saturated heterocycles. The second-order valence-electron chi connectivity index (χ2n) is 4.92. The Morgan fingerprint density at radius 3 is 2.76 bits per heavy atom. The van der Waals surface area contributed by atoms with Crippen LogP contribution >= 0.6 is 23.2 Å². The smallest absolute Gasteiger partial charge is 0.128 e. The van der Waals surface area contributed by atoms with E-state index >= 15 is 0 Å². The third-order valence-electron chi connectivity index (χ3n) is 3.33. The highest BCUT2D eigenvalue weighted by atomic mass is 35.5. The van der Waals surface area contributed by atoms with Gasteiger partial charge in [-0.2, -0.15) is 0 Å². The van der Waals surface area contributed by atoms with Crippen LogP contribution in [-0.4, -0.2) is 11.5 Å². The Balaban J connectivity index is 2.26. The summed E-state index contributed by atoms with van der Waals surface area (Å²) < 4.78 is 0. The molecule has 2 rings (SSSR count). The number of nitrogens with one attached hydrogen (secondary N) is 1. The van der Waals surface area contributed by atoms with Crippen molar-refractivity contribution in [2.45, 2.75) is 25.8 Å². The number of aromatic nitrogens is 1. The molecule has 3 N–H and O–H groups in total. The lowest BCUT2D eigenvalue weighted by Crippen LogP contribution is -2.25. The van der Waals surface area contributed by atoms with Crippen LogP contribution in [0.1, 0.15) is 30.5 Å².